The Morgan fingerprint density at radius 2 is 1.73 bits per heavy atom. The van der Waals surface area contributed by atoms with Gasteiger partial charge in [0.15, 0.2) is 0 Å². The average molecular weight is 682 g/mol. The van der Waals surface area contributed by atoms with Crippen LogP contribution in [-0.2, 0) is 11.3 Å². The number of carbonyl (C=O) groups excluding carboxylic acids is 2. The van der Waals surface area contributed by atoms with Gasteiger partial charge < -0.3 is 25.6 Å². The van der Waals surface area contributed by atoms with Crippen molar-refractivity contribution in [3.63, 3.8) is 0 Å². The largest absolute Gasteiger partial charge is 0.496 e. The topological polar surface area (TPSA) is 150 Å². The van der Waals surface area contributed by atoms with Crippen molar-refractivity contribution < 1.29 is 18.8 Å². The van der Waals surface area contributed by atoms with Gasteiger partial charge in [0.1, 0.15) is 22.7 Å². The van der Waals surface area contributed by atoms with Gasteiger partial charge in [0.25, 0.3) is 5.91 Å². The number of para-hydroxylation sites is 2. The molecule has 51 heavy (non-hydrogen) atoms. The van der Waals surface area contributed by atoms with Crippen molar-refractivity contribution in [1.82, 2.24) is 25.2 Å². The number of nitrogens with one attached hydrogen (secondary N) is 2. The van der Waals surface area contributed by atoms with Gasteiger partial charge in [0, 0.05) is 30.1 Å². The number of hydrogen-bond acceptors (Lipinski definition) is 8. The van der Waals surface area contributed by atoms with E-state index >= 15 is 0 Å². The van der Waals surface area contributed by atoms with Crippen LogP contribution in [0, 0.1) is 13.8 Å². The van der Waals surface area contributed by atoms with Crippen LogP contribution in [-0.4, -0.2) is 45.4 Å². The van der Waals surface area contributed by atoms with Crippen molar-refractivity contribution in [1.29, 1.82) is 0 Å². The van der Waals surface area contributed by atoms with Crippen LogP contribution in [0.3, 0.4) is 0 Å². The molecule has 258 valence electrons. The van der Waals surface area contributed by atoms with Gasteiger partial charge in [-0.05, 0) is 67.3 Å². The second-order valence-electron chi connectivity index (χ2n) is 12.6. The van der Waals surface area contributed by atoms with Crippen LogP contribution in [0.15, 0.2) is 89.6 Å². The first-order valence-electron chi connectivity index (χ1n) is 17.0. The highest BCUT2D eigenvalue weighted by Gasteiger charge is 2.24. The molecule has 0 atom stereocenters. The minimum Gasteiger partial charge on any atom is -0.496 e. The maximum absolute atomic E-state index is 14.0. The number of anilines is 2. The second kappa shape index (κ2) is 14.3. The number of aryl methyl sites for hydroxylation is 2. The molecule has 0 saturated heterocycles. The summed E-state index contributed by atoms with van der Waals surface area (Å²) < 4.78 is 13.1. The van der Waals surface area contributed by atoms with Crippen LogP contribution in [0.1, 0.15) is 53.2 Å². The van der Waals surface area contributed by atoms with E-state index < -0.39 is 0 Å². The third-order valence-electron chi connectivity index (χ3n) is 9.21. The number of fused-ring (bicyclic) bond motifs is 4. The number of carbonyl (C=O) groups is 2. The van der Waals surface area contributed by atoms with Gasteiger partial charge in [-0.15, -0.1) is 0 Å². The van der Waals surface area contributed by atoms with Crippen molar-refractivity contribution >= 4 is 55.8 Å². The van der Waals surface area contributed by atoms with Crippen LogP contribution in [0.25, 0.3) is 43.7 Å². The number of unbranched alkanes of at least 4 members (excludes halogenated alkanes) is 2. The summed E-state index contributed by atoms with van der Waals surface area (Å²) in [6, 6.07) is 25.4. The zero-order valence-electron chi connectivity index (χ0n) is 28.8. The van der Waals surface area contributed by atoms with E-state index in [1.165, 1.54) is 0 Å². The normalized spacial score (nSPS) is 11.4. The predicted octanol–water partition coefficient (Wildman–Crippen LogP) is 7.58. The van der Waals surface area contributed by atoms with E-state index in [9.17, 15) is 9.59 Å². The van der Waals surface area contributed by atoms with E-state index in [4.69, 9.17) is 25.1 Å². The molecule has 0 unspecified atom stereocenters. The van der Waals surface area contributed by atoms with Crippen LogP contribution in [0.5, 0.6) is 5.75 Å². The van der Waals surface area contributed by atoms with Crippen molar-refractivity contribution in [2.75, 3.05) is 24.7 Å². The number of nitrogens with two attached hydrogens (primary N) is 1. The van der Waals surface area contributed by atoms with E-state index in [1.54, 1.807) is 30.1 Å². The number of amides is 2. The monoisotopic (exact) mass is 681 g/mol. The number of aromatic nitrogens is 4. The molecule has 11 nitrogen and oxygen atoms in total. The maximum atomic E-state index is 14.0. The zero-order chi connectivity index (χ0) is 35.5. The molecular formula is C40H39N7O4. The lowest BCUT2D eigenvalue weighted by Crippen LogP contribution is -2.27. The molecule has 0 saturated carbocycles. The van der Waals surface area contributed by atoms with Crippen molar-refractivity contribution in [2.45, 2.75) is 46.1 Å². The van der Waals surface area contributed by atoms with E-state index in [2.05, 4.69) is 40.1 Å². The molecule has 7 rings (SSSR count). The molecule has 3 aromatic heterocycles. The predicted molar refractivity (Wildman–Crippen MR) is 200 cm³/mol. The fourth-order valence-electron chi connectivity index (χ4n) is 6.67. The minimum absolute atomic E-state index is 0.0871. The Bertz CT molecular complexity index is 2390. The molecule has 0 bridgehead atoms. The molecule has 0 aliphatic rings. The zero-order valence-corrected chi connectivity index (χ0v) is 28.8. The molecule has 4 aromatic carbocycles. The number of pyridine rings is 1. The summed E-state index contributed by atoms with van der Waals surface area (Å²) in [5, 5.41) is 18.8. The lowest BCUT2D eigenvalue weighted by molar-refractivity contribution is -0.116. The highest BCUT2D eigenvalue weighted by atomic mass is 16.5. The van der Waals surface area contributed by atoms with Gasteiger partial charge in [-0.2, -0.15) is 5.10 Å². The van der Waals surface area contributed by atoms with E-state index in [1.807, 2.05) is 56.3 Å². The summed E-state index contributed by atoms with van der Waals surface area (Å²) in [6.07, 6.45) is 4.26. The fraction of sp³-hybridized carbons (Fsp3) is 0.225. The minimum atomic E-state index is -0.240. The molecule has 0 aliphatic carbocycles. The molecule has 4 N–H and O–H groups in total. The molecule has 11 heteroatoms. The highest BCUT2D eigenvalue weighted by Crippen LogP contribution is 2.39. The molecule has 0 aliphatic heterocycles. The van der Waals surface area contributed by atoms with Gasteiger partial charge in [0.2, 0.25) is 5.91 Å². The van der Waals surface area contributed by atoms with Gasteiger partial charge in [-0.25, -0.2) is 0 Å². The lowest BCUT2D eigenvalue weighted by Gasteiger charge is -2.11. The third-order valence-corrected chi connectivity index (χ3v) is 9.21. The Labute approximate surface area is 294 Å². The number of nitrogen functional groups attached to an aromatic ring is 1. The van der Waals surface area contributed by atoms with Crippen molar-refractivity contribution in [3.8, 4) is 16.9 Å². The number of rotatable bonds is 12. The van der Waals surface area contributed by atoms with Gasteiger partial charge in [-0.1, -0.05) is 66.2 Å². The number of benzene rings is 4. The number of methoxy groups -OCH3 is 1. The van der Waals surface area contributed by atoms with Gasteiger partial charge >= 0.3 is 0 Å². The maximum Gasteiger partial charge on any atom is 0.270 e. The van der Waals surface area contributed by atoms with E-state index in [0.29, 0.717) is 77.4 Å². The van der Waals surface area contributed by atoms with Crippen LogP contribution >= 0.6 is 0 Å². The lowest BCUT2D eigenvalue weighted by atomic mass is 10.00. The van der Waals surface area contributed by atoms with Crippen LogP contribution in [0.2, 0.25) is 0 Å². The van der Waals surface area contributed by atoms with Crippen LogP contribution < -0.4 is 21.1 Å². The summed E-state index contributed by atoms with van der Waals surface area (Å²) in [5.41, 5.74) is 12.4. The van der Waals surface area contributed by atoms with E-state index in [0.717, 1.165) is 45.0 Å². The van der Waals surface area contributed by atoms with E-state index in [-0.39, 0.29) is 11.8 Å². The Morgan fingerprint density at radius 3 is 2.53 bits per heavy atom. The molecule has 0 spiro atoms. The first kappa shape index (κ1) is 33.3. The van der Waals surface area contributed by atoms with Crippen molar-refractivity contribution in [2.24, 2.45) is 0 Å². The molecule has 0 radical (unpaired) electrons. The Hall–Kier alpha value is -6.23. The molecule has 2 amide bonds. The van der Waals surface area contributed by atoms with Crippen LogP contribution in [0.4, 0.5) is 11.4 Å². The Kier molecular flexibility index (Phi) is 9.34. The summed E-state index contributed by atoms with van der Waals surface area (Å²) in [7, 11) is 1.62. The molecule has 0 fully saturated rings. The summed E-state index contributed by atoms with van der Waals surface area (Å²) in [4.78, 5) is 31.2. The quantitative estimate of drug-likeness (QED) is 0.0883. The number of hydrogen-bond donors (Lipinski definition) is 3. The fourth-order valence-corrected chi connectivity index (χ4v) is 6.67. The highest BCUT2D eigenvalue weighted by molar-refractivity contribution is 6.13. The average Bonchev–Trinajstić information content (AvgIpc) is 3.68. The van der Waals surface area contributed by atoms with Gasteiger partial charge in [0.05, 0.1) is 47.2 Å². The summed E-state index contributed by atoms with van der Waals surface area (Å²) >= 11 is 0. The first-order chi connectivity index (χ1) is 24.8. The third kappa shape index (κ3) is 6.70. The number of nitrogens with zero attached hydrogens (tertiary/aromatic N) is 4. The summed E-state index contributed by atoms with van der Waals surface area (Å²) in [6.45, 7) is 4.60. The molecular weight excluding hydrogens is 642 g/mol. The smallest absolute Gasteiger partial charge is 0.270 e. The standard InChI is InChI=1S/C40H39N7O4/c1-24-37(25(2)51-46-24)30-20-34-29(21-35(30)50-3)38-31(22-43-34)39(47(45-38)23-27-14-11-13-26-12-6-7-15-28(26)27)40(49)42-19-10-4-5-18-36(48)44-33-17-9-8-16-32(33)41/h6-9,11-17,20-22H,4-5,10,18-19,23,41H2,1-3H3,(H,42,49)(H,44,48). The molecule has 7 aromatic rings. The molecule has 3 heterocycles. The number of ether oxygens (including phenoxy) is 1. The Balaban J connectivity index is 1.16. The van der Waals surface area contributed by atoms with Gasteiger partial charge in [-0.3, -0.25) is 19.3 Å². The van der Waals surface area contributed by atoms with Crippen molar-refractivity contribution in [3.05, 3.63) is 108 Å². The SMILES string of the molecule is COc1cc2c(cc1-c1c(C)noc1C)ncc1c(C(=O)NCCCCCC(=O)Nc3ccccc3N)n(Cc3cccc4ccccc34)nc12. The first-order valence-corrected chi connectivity index (χ1v) is 17.0. The second-order valence-corrected chi connectivity index (χ2v) is 12.6. The summed E-state index contributed by atoms with van der Waals surface area (Å²) in [5.74, 6) is 0.985. The Morgan fingerprint density at radius 1 is 0.922 bits per heavy atom.